The van der Waals surface area contributed by atoms with E-state index in [9.17, 15) is 14.7 Å². The van der Waals surface area contributed by atoms with E-state index in [0.717, 1.165) is 21.4 Å². The van der Waals surface area contributed by atoms with Crippen LogP contribution in [0.3, 0.4) is 0 Å². The molecule has 0 radical (unpaired) electrons. The second-order valence-electron chi connectivity index (χ2n) is 6.31. The topological polar surface area (TPSA) is 84.2 Å². The lowest BCUT2D eigenvalue weighted by atomic mass is 10.1. The number of aryl methyl sites for hydroxylation is 1. The van der Waals surface area contributed by atoms with Crippen LogP contribution in [0.4, 0.5) is 0 Å². The molecule has 3 aromatic rings. The highest BCUT2D eigenvalue weighted by molar-refractivity contribution is 5.75. The molecule has 3 rings (SSSR count). The molecule has 0 aliphatic heterocycles. The Labute approximate surface area is 157 Å². The molecule has 0 aliphatic carbocycles. The first-order chi connectivity index (χ1) is 13.0. The van der Waals surface area contributed by atoms with E-state index in [0.29, 0.717) is 5.69 Å². The lowest BCUT2D eigenvalue weighted by Crippen LogP contribution is -2.35. The molecule has 0 spiro atoms. The van der Waals surface area contributed by atoms with Gasteiger partial charge in [-0.05, 0) is 18.6 Å². The van der Waals surface area contributed by atoms with Crippen molar-refractivity contribution in [3.8, 4) is 11.3 Å². The van der Waals surface area contributed by atoms with Crippen LogP contribution < -0.4 is 10.9 Å². The maximum absolute atomic E-state index is 12.2. The highest BCUT2D eigenvalue weighted by Crippen LogP contribution is 2.14. The fraction of sp³-hybridized carbons (Fsp3) is 0.190. The van der Waals surface area contributed by atoms with Crippen molar-refractivity contribution >= 4 is 5.91 Å². The van der Waals surface area contributed by atoms with Gasteiger partial charge >= 0.3 is 0 Å². The fourth-order valence-electron chi connectivity index (χ4n) is 2.63. The lowest BCUT2D eigenvalue weighted by Gasteiger charge is -2.13. The Morgan fingerprint density at radius 2 is 1.78 bits per heavy atom. The first-order valence-corrected chi connectivity index (χ1v) is 8.68. The average Bonchev–Trinajstić information content (AvgIpc) is 2.69. The van der Waals surface area contributed by atoms with Gasteiger partial charge in [0.05, 0.1) is 11.8 Å². The number of aliphatic hydroxyl groups is 1. The van der Waals surface area contributed by atoms with Crippen molar-refractivity contribution in [2.45, 2.75) is 19.6 Å². The Morgan fingerprint density at radius 3 is 2.48 bits per heavy atom. The molecular formula is C21H21N3O3. The van der Waals surface area contributed by atoms with Crippen LogP contribution >= 0.6 is 0 Å². The van der Waals surface area contributed by atoms with E-state index in [2.05, 4.69) is 10.4 Å². The molecule has 1 aromatic heterocycles. The molecule has 0 saturated carbocycles. The number of rotatable bonds is 6. The molecule has 138 valence electrons. The first kappa shape index (κ1) is 18.5. The minimum absolute atomic E-state index is 0.0645. The van der Waals surface area contributed by atoms with Crippen molar-refractivity contribution in [1.29, 1.82) is 0 Å². The summed E-state index contributed by atoms with van der Waals surface area (Å²) in [7, 11) is 0. The standard InChI is InChI=1S/C21H21N3O3/c1-15-7-9-17(10-8-15)19(25)13-22-20(26)14-24-21(27)12-11-18(23-24)16-5-3-2-4-6-16/h2-12,19,25H,13-14H2,1H3,(H,22,26). The van der Waals surface area contributed by atoms with Crippen molar-refractivity contribution in [3.05, 3.63) is 88.2 Å². The summed E-state index contributed by atoms with van der Waals surface area (Å²) in [4.78, 5) is 24.2. The Kier molecular flexibility index (Phi) is 5.78. The zero-order valence-electron chi connectivity index (χ0n) is 15.0. The van der Waals surface area contributed by atoms with Gasteiger partial charge in [0.1, 0.15) is 6.54 Å². The molecular weight excluding hydrogens is 342 g/mol. The van der Waals surface area contributed by atoms with Gasteiger partial charge in [-0.25, -0.2) is 4.68 Å². The van der Waals surface area contributed by atoms with Crippen LogP contribution in [0.1, 0.15) is 17.2 Å². The second kappa shape index (κ2) is 8.42. The first-order valence-electron chi connectivity index (χ1n) is 8.68. The van der Waals surface area contributed by atoms with Gasteiger partial charge in [0.25, 0.3) is 5.56 Å². The molecule has 2 N–H and O–H groups in total. The monoisotopic (exact) mass is 363 g/mol. The van der Waals surface area contributed by atoms with Gasteiger partial charge in [0.15, 0.2) is 0 Å². The second-order valence-corrected chi connectivity index (χ2v) is 6.31. The number of amides is 1. The highest BCUT2D eigenvalue weighted by atomic mass is 16.3. The Bertz CT molecular complexity index is 966. The van der Waals surface area contributed by atoms with Crippen molar-refractivity contribution in [1.82, 2.24) is 15.1 Å². The summed E-state index contributed by atoms with van der Waals surface area (Å²) >= 11 is 0. The molecule has 1 heterocycles. The summed E-state index contributed by atoms with van der Waals surface area (Å²) in [6, 6.07) is 19.9. The molecule has 2 aromatic carbocycles. The van der Waals surface area contributed by atoms with Gasteiger partial charge in [-0.15, -0.1) is 0 Å². The van der Waals surface area contributed by atoms with Gasteiger partial charge in [-0.1, -0.05) is 60.2 Å². The number of hydrogen-bond donors (Lipinski definition) is 2. The van der Waals surface area contributed by atoms with E-state index in [1.54, 1.807) is 6.07 Å². The molecule has 0 aliphatic rings. The number of nitrogens with one attached hydrogen (secondary N) is 1. The summed E-state index contributed by atoms with van der Waals surface area (Å²) in [5.41, 5.74) is 2.94. The number of aliphatic hydroxyl groups excluding tert-OH is 1. The number of hydrogen-bond acceptors (Lipinski definition) is 4. The summed E-state index contributed by atoms with van der Waals surface area (Å²) in [6.07, 6.45) is -0.810. The summed E-state index contributed by atoms with van der Waals surface area (Å²) in [5.74, 6) is -0.388. The van der Waals surface area contributed by atoms with Gasteiger partial charge in [0.2, 0.25) is 5.91 Å². The quantitative estimate of drug-likeness (QED) is 0.702. The molecule has 1 atom stereocenters. The third-order valence-corrected chi connectivity index (χ3v) is 4.18. The number of carbonyl (C=O) groups excluding carboxylic acids is 1. The highest BCUT2D eigenvalue weighted by Gasteiger charge is 2.11. The van der Waals surface area contributed by atoms with Crippen LogP contribution in [0.15, 0.2) is 71.5 Å². The fourth-order valence-corrected chi connectivity index (χ4v) is 2.63. The number of aromatic nitrogens is 2. The number of nitrogens with zero attached hydrogens (tertiary/aromatic N) is 2. The minimum Gasteiger partial charge on any atom is -0.387 e. The van der Waals surface area contributed by atoms with Gasteiger partial charge in [0, 0.05) is 18.2 Å². The van der Waals surface area contributed by atoms with E-state index in [4.69, 9.17) is 0 Å². The lowest BCUT2D eigenvalue weighted by molar-refractivity contribution is -0.122. The number of carbonyl (C=O) groups is 1. The van der Waals surface area contributed by atoms with E-state index in [-0.39, 0.29) is 24.6 Å². The smallest absolute Gasteiger partial charge is 0.267 e. The molecule has 0 saturated heterocycles. The minimum atomic E-state index is -0.810. The summed E-state index contributed by atoms with van der Waals surface area (Å²) in [5, 5.41) is 17.1. The molecule has 27 heavy (non-hydrogen) atoms. The number of benzene rings is 2. The van der Waals surface area contributed by atoms with Gasteiger partial charge < -0.3 is 10.4 Å². The molecule has 1 amide bonds. The van der Waals surface area contributed by atoms with Crippen LogP contribution in [0.2, 0.25) is 0 Å². The predicted molar refractivity (Wildman–Crippen MR) is 103 cm³/mol. The van der Waals surface area contributed by atoms with E-state index >= 15 is 0 Å². The van der Waals surface area contributed by atoms with E-state index in [1.165, 1.54) is 6.07 Å². The third kappa shape index (κ3) is 4.89. The van der Waals surface area contributed by atoms with Crippen molar-refractivity contribution in [2.24, 2.45) is 0 Å². The van der Waals surface area contributed by atoms with Crippen molar-refractivity contribution < 1.29 is 9.90 Å². The van der Waals surface area contributed by atoms with Crippen LogP contribution in [-0.4, -0.2) is 27.3 Å². The zero-order chi connectivity index (χ0) is 19.2. The molecule has 6 heteroatoms. The SMILES string of the molecule is Cc1ccc(C(O)CNC(=O)Cn2nc(-c3ccccc3)ccc2=O)cc1. The van der Waals surface area contributed by atoms with Crippen LogP contribution in [0.5, 0.6) is 0 Å². The van der Waals surface area contributed by atoms with E-state index < -0.39 is 6.10 Å². The maximum atomic E-state index is 12.2. The third-order valence-electron chi connectivity index (χ3n) is 4.18. The maximum Gasteiger partial charge on any atom is 0.267 e. The summed E-state index contributed by atoms with van der Waals surface area (Å²) in [6.45, 7) is 1.82. The largest absolute Gasteiger partial charge is 0.387 e. The molecule has 6 nitrogen and oxygen atoms in total. The van der Waals surface area contributed by atoms with Crippen molar-refractivity contribution in [3.63, 3.8) is 0 Å². The Morgan fingerprint density at radius 1 is 1.07 bits per heavy atom. The van der Waals surface area contributed by atoms with E-state index in [1.807, 2.05) is 61.5 Å². The Balaban J connectivity index is 1.64. The van der Waals surface area contributed by atoms with Crippen LogP contribution in [-0.2, 0) is 11.3 Å². The summed E-state index contributed by atoms with van der Waals surface area (Å²) < 4.78 is 1.12. The van der Waals surface area contributed by atoms with Crippen LogP contribution in [0, 0.1) is 6.92 Å². The molecule has 0 fully saturated rings. The van der Waals surface area contributed by atoms with Crippen LogP contribution in [0.25, 0.3) is 11.3 Å². The normalized spacial score (nSPS) is 11.8. The van der Waals surface area contributed by atoms with Crippen molar-refractivity contribution in [2.75, 3.05) is 6.54 Å². The average molecular weight is 363 g/mol. The predicted octanol–water partition coefficient (Wildman–Crippen LogP) is 2.07. The molecule has 1 unspecified atom stereocenters. The zero-order valence-corrected chi connectivity index (χ0v) is 15.0. The van der Waals surface area contributed by atoms with Gasteiger partial charge in [-0.3, -0.25) is 9.59 Å². The Hall–Kier alpha value is -3.25. The molecule has 0 bridgehead atoms. The van der Waals surface area contributed by atoms with Gasteiger partial charge in [-0.2, -0.15) is 5.10 Å².